The zero-order valence-electron chi connectivity index (χ0n) is 17.3. The second kappa shape index (κ2) is 10.6. The maximum atomic E-state index is 13.2. The topological polar surface area (TPSA) is 80.8 Å². The summed E-state index contributed by atoms with van der Waals surface area (Å²) >= 11 is 0. The number of hydrogen-bond donors (Lipinski definition) is 0. The van der Waals surface area contributed by atoms with Gasteiger partial charge in [0, 0.05) is 24.7 Å². The molecule has 32 heavy (non-hydrogen) atoms. The molecule has 0 unspecified atom stereocenters. The predicted molar refractivity (Wildman–Crippen MR) is 114 cm³/mol. The SMILES string of the molecule is O=C(/C=C/c1ccc(S(=O)(=O)N2CCCCCC2)cc1)OCC(=O)c1ccc(F)c(F)c1. The summed E-state index contributed by atoms with van der Waals surface area (Å²) in [6.45, 7) is 0.402. The molecule has 1 aliphatic heterocycles. The minimum absolute atomic E-state index is 0.109. The number of carbonyl (C=O) groups is 2. The molecule has 1 aliphatic rings. The Hall–Kier alpha value is -2.91. The number of Topliss-reactive ketones (excluding diaryl/α,β-unsaturated/α-hetero) is 1. The zero-order valence-corrected chi connectivity index (χ0v) is 18.1. The highest BCUT2D eigenvalue weighted by atomic mass is 32.2. The molecule has 170 valence electrons. The average Bonchev–Trinajstić information content (AvgIpc) is 3.08. The Morgan fingerprint density at radius 3 is 2.22 bits per heavy atom. The first kappa shape index (κ1) is 23.7. The molecular formula is C23H23F2NO5S. The van der Waals surface area contributed by atoms with Crippen molar-refractivity contribution in [3.63, 3.8) is 0 Å². The first-order valence-electron chi connectivity index (χ1n) is 10.2. The normalized spacial score (nSPS) is 15.4. The van der Waals surface area contributed by atoms with E-state index >= 15 is 0 Å². The summed E-state index contributed by atoms with van der Waals surface area (Å²) in [6.07, 6.45) is 6.27. The molecule has 0 atom stereocenters. The lowest BCUT2D eigenvalue weighted by atomic mass is 10.1. The maximum absolute atomic E-state index is 13.2. The molecule has 1 saturated heterocycles. The summed E-state index contributed by atoms with van der Waals surface area (Å²) < 4.78 is 58.0. The lowest BCUT2D eigenvalue weighted by Crippen LogP contribution is -2.31. The third-order valence-electron chi connectivity index (χ3n) is 5.08. The maximum Gasteiger partial charge on any atom is 0.331 e. The number of halogens is 2. The van der Waals surface area contributed by atoms with Crippen LogP contribution in [0.15, 0.2) is 53.4 Å². The van der Waals surface area contributed by atoms with Gasteiger partial charge in [-0.3, -0.25) is 4.79 Å². The van der Waals surface area contributed by atoms with Gasteiger partial charge in [-0.2, -0.15) is 4.31 Å². The van der Waals surface area contributed by atoms with E-state index in [1.165, 1.54) is 22.5 Å². The second-order valence-corrected chi connectivity index (χ2v) is 9.32. The van der Waals surface area contributed by atoms with E-state index in [-0.39, 0.29) is 10.5 Å². The van der Waals surface area contributed by atoms with E-state index in [0.29, 0.717) is 18.7 Å². The summed E-state index contributed by atoms with van der Waals surface area (Å²) in [5, 5.41) is 0. The number of ether oxygens (including phenoxy) is 1. The van der Waals surface area contributed by atoms with Gasteiger partial charge in [-0.15, -0.1) is 0 Å². The van der Waals surface area contributed by atoms with Crippen LogP contribution in [0.25, 0.3) is 6.08 Å². The van der Waals surface area contributed by atoms with Crippen LogP contribution in [0.4, 0.5) is 8.78 Å². The van der Waals surface area contributed by atoms with Crippen molar-refractivity contribution < 1.29 is 31.5 Å². The van der Waals surface area contributed by atoms with Crippen molar-refractivity contribution in [3.8, 4) is 0 Å². The summed E-state index contributed by atoms with van der Waals surface area (Å²) in [5.41, 5.74) is 0.464. The number of sulfonamides is 1. The van der Waals surface area contributed by atoms with E-state index in [1.807, 2.05) is 0 Å². The van der Waals surface area contributed by atoms with Crippen molar-refractivity contribution in [1.82, 2.24) is 4.31 Å². The summed E-state index contributed by atoms with van der Waals surface area (Å²) in [7, 11) is -3.55. The molecule has 0 radical (unpaired) electrons. The standard InChI is InChI=1S/C23H23F2NO5S/c24-20-11-8-18(15-21(20)25)22(27)16-31-23(28)12-7-17-5-9-19(10-6-17)32(29,30)26-13-3-1-2-4-14-26/h5-12,15H,1-4,13-14,16H2/b12-7+. The molecular weight excluding hydrogens is 440 g/mol. The van der Waals surface area contributed by atoms with Gasteiger partial charge in [0.1, 0.15) is 0 Å². The molecule has 0 aliphatic carbocycles. The Bertz CT molecular complexity index is 1110. The van der Waals surface area contributed by atoms with Gasteiger partial charge in [-0.05, 0) is 54.8 Å². The van der Waals surface area contributed by atoms with E-state index in [0.717, 1.165) is 50.0 Å². The van der Waals surface area contributed by atoms with Crippen LogP contribution in [0.5, 0.6) is 0 Å². The number of ketones is 1. The van der Waals surface area contributed by atoms with Crippen LogP contribution in [-0.4, -0.2) is 44.2 Å². The molecule has 0 spiro atoms. The minimum atomic E-state index is -3.55. The monoisotopic (exact) mass is 463 g/mol. The van der Waals surface area contributed by atoms with Crippen LogP contribution in [0, 0.1) is 11.6 Å². The lowest BCUT2D eigenvalue weighted by Gasteiger charge is -2.19. The molecule has 9 heteroatoms. The van der Waals surface area contributed by atoms with Crippen LogP contribution in [0.1, 0.15) is 41.6 Å². The average molecular weight is 464 g/mol. The van der Waals surface area contributed by atoms with Gasteiger partial charge in [-0.25, -0.2) is 22.0 Å². The Labute approximate surface area is 185 Å². The predicted octanol–water partition coefficient (Wildman–Crippen LogP) is 3.97. The molecule has 0 bridgehead atoms. The van der Waals surface area contributed by atoms with Crippen LogP contribution < -0.4 is 0 Å². The summed E-state index contributed by atoms with van der Waals surface area (Å²) in [6, 6.07) is 8.77. The molecule has 1 fully saturated rings. The number of rotatable bonds is 7. The number of esters is 1. The van der Waals surface area contributed by atoms with E-state index in [4.69, 9.17) is 4.74 Å². The molecule has 0 aromatic heterocycles. The van der Waals surface area contributed by atoms with Crippen molar-refractivity contribution in [2.45, 2.75) is 30.6 Å². The highest BCUT2D eigenvalue weighted by molar-refractivity contribution is 7.89. The summed E-state index contributed by atoms with van der Waals surface area (Å²) in [4.78, 5) is 24.0. The number of carbonyl (C=O) groups excluding carboxylic acids is 2. The fourth-order valence-corrected chi connectivity index (χ4v) is 4.80. The van der Waals surface area contributed by atoms with Crippen molar-refractivity contribution in [3.05, 3.63) is 71.3 Å². The fourth-order valence-electron chi connectivity index (χ4n) is 3.28. The first-order chi connectivity index (χ1) is 15.3. The zero-order chi connectivity index (χ0) is 23.1. The number of benzene rings is 2. The number of nitrogens with zero attached hydrogens (tertiary/aromatic N) is 1. The molecule has 0 saturated carbocycles. The second-order valence-electron chi connectivity index (χ2n) is 7.38. The van der Waals surface area contributed by atoms with Crippen molar-refractivity contribution in [1.29, 1.82) is 0 Å². The Morgan fingerprint density at radius 1 is 0.938 bits per heavy atom. The molecule has 2 aromatic rings. The van der Waals surface area contributed by atoms with Gasteiger partial charge >= 0.3 is 5.97 Å². The van der Waals surface area contributed by atoms with Crippen LogP contribution in [0.2, 0.25) is 0 Å². The van der Waals surface area contributed by atoms with Gasteiger partial charge in [0.2, 0.25) is 10.0 Å². The van der Waals surface area contributed by atoms with Crippen LogP contribution in [-0.2, 0) is 19.6 Å². The largest absolute Gasteiger partial charge is 0.454 e. The van der Waals surface area contributed by atoms with Gasteiger partial charge < -0.3 is 4.74 Å². The Morgan fingerprint density at radius 2 is 1.59 bits per heavy atom. The Balaban J connectivity index is 1.56. The van der Waals surface area contributed by atoms with Gasteiger partial charge in [0.05, 0.1) is 4.90 Å². The smallest absolute Gasteiger partial charge is 0.331 e. The van der Waals surface area contributed by atoms with Crippen LogP contribution in [0.3, 0.4) is 0 Å². The third kappa shape index (κ3) is 6.08. The third-order valence-corrected chi connectivity index (χ3v) is 6.99. The van der Waals surface area contributed by atoms with Crippen molar-refractivity contribution in [2.75, 3.05) is 19.7 Å². The van der Waals surface area contributed by atoms with Crippen molar-refractivity contribution in [2.24, 2.45) is 0 Å². The van der Waals surface area contributed by atoms with E-state index in [2.05, 4.69) is 0 Å². The van der Waals surface area contributed by atoms with Gasteiger partial charge in [-0.1, -0.05) is 25.0 Å². The Kier molecular flexibility index (Phi) is 7.87. The highest BCUT2D eigenvalue weighted by Crippen LogP contribution is 2.21. The highest BCUT2D eigenvalue weighted by Gasteiger charge is 2.24. The molecule has 0 amide bonds. The van der Waals surface area contributed by atoms with Crippen molar-refractivity contribution >= 4 is 27.9 Å². The first-order valence-corrected chi connectivity index (χ1v) is 11.6. The van der Waals surface area contributed by atoms with Gasteiger partial charge in [0.25, 0.3) is 0 Å². The van der Waals surface area contributed by atoms with Gasteiger partial charge in [0.15, 0.2) is 24.0 Å². The van der Waals surface area contributed by atoms with E-state index < -0.39 is 40.0 Å². The van der Waals surface area contributed by atoms with E-state index in [9.17, 15) is 26.8 Å². The molecule has 2 aromatic carbocycles. The quantitative estimate of drug-likeness (QED) is 0.353. The molecule has 6 nitrogen and oxygen atoms in total. The van der Waals surface area contributed by atoms with E-state index in [1.54, 1.807) is 12.1 Å². The fraction of sp³-hybridized carbons (Fsp3) is 0.304. The van der Waals surface area contributed by atoms with Crippen LogP contribution >= 0.6 is 0 Å². The molecule has 1 heterocycles. The number of hydrogen-bond acceptors (Lipinski definition) is 5. The molecule has 3 rings (SSSR count). The minimum Gasteiger partial charge on any atom is -0.454 e. The summed E-state index contributed by atoms with van der Waals surface area (Å²) in [5.74, 6) is -3.72. The lowest BCUT2D eigenvalue weighted by molar-refractivity contribution is -0.136. The molecule has 0 N–H and O–H groups in total.